The number of hydrogen-bond donors (Lipinski definition) is 2. The van der Waals surface area contributed by atoms with Crippen LogP contribution in [0.4, 0.5) is 10.2 Å². The highest BCUT2D eigenvalue weighted by molar-refractivity contribution is 5.94. The summed E-state index contributed by atoms with van der Waals surface area (Å²) in [6.45, 7) is 8.47. The van der Waals surface area contributed by atoms with Crippen molar-refractivity contribution in [1.82, 2.24) is 19.9 Å². The van der Waals surface area contributed by atoms with Gasteiger partial charge in [0.1, 0.15) is 17.8 Å². The van der Waals surface area contributed by atoms with E-state index in [9.17, 15) is 9.18 Å². The molecule has 0 aromatic carbocycles. The number of imidazole rings is 1. The first-order chi connectivity index (χ1) is 17.3. The summed E-state index contributed by atoms with van der Waals surface area (Å²) in [6.07, 6.45) is 16.6. The molecule has 0 radical (unpaired) electrons. The summed E-state index contributed by atoms with van der Waals surface area (Å²) in [5, 5.41) is 6.31. The quantitative estimate of drug-likeness (QED) is 0.430. The fraction of sp³-hybridized carbons (Fsp3) is 0.414. The molecule has 2 aliphatic rings. The number of amides is 1. The molecule has 1 fully saturated rings. The third-order valence-electron chi connectivity index (χ3n) is 6.72. The summed E-state index contributed by atoms with van der Waals surface area (Å²) in [5.74, 6) is 0.491. The predicted molar refractivity (Wildman–Crippen MR) is 144 cm³/mol. The van der Waals surface area contributed by atoms with Gasteiger partial charge in [-0.1, -0.05) is 32.4 Å². The van der Waals surface area contributed by atoms with Crippen molar-refractivity contribution >= 4 is 23.4 Å². The van der Waals surface area contributed by atoms with Crippen LogP contribution in [0.15, 0.2) is 59.7 Å². The number of nitrogens with one attached hydrogen (secondary N) is 2. The highest BCUT2D eigenvalue weighted by Gasteiger charge is 2.43. The summed E-state index contributed by atoms with van der Waals surface area (Å²) in [5.41, 5.74) is 6.36. The number of allylic oxidation sites excluding steroid dienone is 5. The minimum Gasteiger partial charge on any atom is -0.384 e. The number of carbonyl (C=O) groups excluding carboxylic acids is 1. The van der Waals surface area contributed by atoms with Crippen molar-refractivity contribution in [2.45, 2.75) is 65.6 Å². The monoisotopic (exact) mass is 489 g/mol. The van der Waals surface area contributed by atoms with Crippen LogP contribution in [-0.2, 0) is 11.8 Å². The van der Waals surface area contributed by atoms with Crippen molar-refractivity contribution in [3.63, 3.8) is 0 Å². The van der Waals surface area contributed by atoms with Crippen molar-refractivity contribution in [2.24, 2.45) is 13.0 Å². The molecule has 190 valence electrons. The second kappa shape index (κ2) is 11.1. The Labute approximate surface area is 213 Å². The van der Waals surface area contributed by atoms with E-state index in [1.165, 1.54) is 5.57 Å². The predicted octanol–water partition coefficient (Wildman–Crippen LogP) is 5.90. The molecule has 2 N–H and O–H groups in total. The highest BCUT2D eigenvalue weighted by Crippen LogP contribution is 2.36. The van der Waals surface area contributed by atoms with Crippen LogP contribution in [0.5, 0.6) is 0 Å². The maximum absolute atomic E-state index is 13.3. The van der Waals surface area contributed by atoms with Gasteiger partial charge in [0.15, 0.2) is 0 Å². The highest BCUT2D eigenvalue weighted by atomic mass is 19.1. The molecule has 0 bridgehead atoms. The Kier molecular flexibility index (Phi) is 7.87. The zero-order valence-electron chi connectivity index (χ0n) is 21.8. The second-order valence-corrected chi connectivity index (χ2v) is 9.69. The maximum Gasteiger partial charge on any atom is 0.231 e. The maximum atomic E-state index is 13.3. The Bertz CT molecular complexity index is 1250. The van der Waals surface area contributed by atoms with Crippen molar-refractivity contribution < 1.29 is 9.18 Å². The molecule has 0 spiro atoms. The fourth-order valence-corrected chi connectivity index (χ4v) is 4.56. The van der Waals surface area contributed by atoms with E-state index >= 15 is 0 Å². The number of rotatable bonds is 9. The molecular weight excluding hydrogens is 453 g/mol. The third kappa shape index (κ3) is 5.66. The molecule has 3 heterocycles. The molecule has 36 heavy (non-hydrogen) atoms. The summed E-state index contributed by atoms with van der Waals surface area (Å²) < 4.78 is 15.3. The molecule has 0 saturated heterocycles. The van der Waals surface area contributed by atoms with Gasteiger partial charge in [0.2, 0.25) is 5.91 Å². The molecule has 1 saturated carbocycles. The van der Waals surface area contributed by atoms with Crippen LogP contribution in [0, 0.1) is 12.8 Å². The number of dihydropyridines is 1. The van der Waals surface area contributed by atoms with E-state index in [2.05, 4.69) is 65.8 Å². The van der Waals surface area contributed by atoms with Crippen molar-refractivity contribution in [1.29, 1.82) is 0 Å². The Morgan fingerprint density at radius 2 is 2.06 bits per heavy atom. The molecule has 1 amide bonds. The third-order valence-corrected chi connectivity index (χ3v) is 6.72. The number of halogens is 1. The Morgan fingerprint density at radius 3 is 2.64 bits per heavy atom. The Hall–Kier alpha value is -3.48. The minimum atomic E-state index is -1.03. The van der Waals surface area contributed by atoms with Gasteiger partial charge < -0.3 is 15.2 Å². The van der Waals surface area contributed by atoms with E-state index in [1.807, 2.05) is 37.0 Å². The first-order valence-corrected chi connectivity index (χ1v) is 12.8. The first kappa shape index (κ1) is 25.6. The van der Waals surface area contributed by atoms with Gasteiger partial charge in [0, 0.05) is 49.0 Å². The zero-order chi connectivity index (χ0) is 25.8. The minimum absolute atomic E-state index is 0.295. The first-order valence-electron chi connectivity index (χ1n) is 12.8. The molecule has 4 rings (SSSR count). The standard InChI is InChI=1S/C29H36FN5O/c1-6-8-21-12-19(4)25(17-32-21)23(22(9-7-2)28-31-10-11-35(28)5)14-20-16-33-27(13-18(20)3)34-29(36)24-15-26(24)30/h9-14,16-17,21,24,26,32H,6-8,15H2,1-5H3,(H,33,34,36)/b22-9-,23-14+. The molecule has 3 unspecified atom stereocenters. The SMILES string of the molecule is CC/C=C(/C(=C\c1cnc(NC(=O)C2CC2F)cc1C)C1=CNC(CCC)C=C1C)c1nccn1C. The molecule has 1 aliphatic heterocycles. The Morgan fingerprint density at radius 1 is 1.28 bits per heavy atom. The number of carbonyl (C=O) groups is 1. The van der Waals surface area contributed by atoms with E-state index in [-0.39, 0.29) is 5.91 Å². The van der Waals surface area contributed by atoms with Crippen LogP contribution in [-0.4, -0.2) is 32.7 Å². The van der Waals surface area contributed by atoms with Crippen molar-refractivity contribution in [3.05, 3.63) is 76.7 Å². The summed E-state index contributed by atoms with van der Waals surface area (Å²) in [4.78, 5) is 21.3. The van der Waals surface area contributed by atoms with Gasteiger partial charge in [-0.05, 0) is 67.5 Å². The number of aryl methyl sites for hydroxylation is 2. The lowest BCUT2D eigenvalue weighted by molar-refractivity contribution is -0.117. The summed E-state index contributed by atoms with van der Waals surface area (Å²) in [6, 6.07) is 2.17. The summed E-state index contributed by atoms with van der Waals surface area (Å²) in [7, 11) is 2.00. The van der Waals surface area contributed by atoms with E-state index < -0.39 is 12.1 Å². The molecule has 3 atom stereocenters. The van der Waals surface area contributed by atoms with Gasteiger partial charge in [0.25, 0.3) is 0 Å². The second-order valence-electron chi connectivity index (χ2n) is 9.69. The lowest BCUT2D eigenvalue weighted by Gasteiger charge is -2.25. The van der Waals surface area contributed by atoms with E-state index in [0.717, 1.165) is 52.9 Å². The molecule has 2 aromatic heterocycles. The number of hydrogen-bond acceptors (Lipinski definition) is 4. The molecule has 6 nitrogen and oxygen atoms in total. The van der Waals surface area contributed by atoms with Gasteiger partial charge in [0.05, 0.1) is 5.92 Å². The molecule has 7 heteroatoms. The van der Waals surface area contributed by atoms with Gasteiger partial charge in [-0.25, -0.2) is 14.4 Å². The molecule has 2 aromatic rings. The average Bonchev–Trinajstić information content (AvgIpc) is 3.43. The van der Waals surface area contributed by atoms with Crippen LogP contribution in [0.3, 0.4) is 0 Å². The average molecular weight is 490 g/mol. The smallest absolute Gasteiger partial charge is 0.231 e. The topological polar surface area (TPSA) is 71.8 Å². The van der Waals surface area contributed by atoms with Crippen molar-refractivity contribution in [3.8, 4) is 0 Å². The van der Waals surface area contributed by atoms with E-state index in [1.54, 1.807) is 6.20 Å². The number of pyridine rings is 1. The van der Waals surface area contributed by atoms with Gasteiger partial charge in [-0.2, -0.15) is 0 Å². The van der Waals surface area contributed by atoms with Gasteiger partial charge in [-0.3, -0.25) is 4.79 Å². The fourth-order valence-electron chi connectivity index (χ4n) is 4.56. The normalized spacial score (nSPS) is 22.0. The number of alkyl halides is 1. The van der Waals surface area contributed by atoms with E-state index in [0.29, 0.717) is 18.3 Å². The van der Waals surface area contributed by atoms with Crippen LogP contribution in [0.1, 0.15) is 63.4 Å². The molecule has 1 aliphatic carbocycles. The lowest BCUT2D eigenvalue weighted by atomic mass is 9.87. The number of nitrogens with zero attached hydrogens (tertiary/aromatic N) is 3. The number of aromatic nitrogens is 3. The zero-order valence-corrected chi connectivity index (χ0v) is 21.8. The van der Waals surface area contributed by atoms with E-state index in [4.69, 9.17) is 0 Å². The summed E-state index contributed by atoms with van der Waals surface area (Å²) >= 11 is 0. The largest absolute Gasteiger partial charge is 0.384 e. The van der Waals surface area contributed by atoms with Crippen molar-refractivity contribution in [2.75, 3.05) is 5.32 Å². The van der Waals surface area contributed by atoms with Crippen LogP contribution in [0.2, 0.25) is 0 Å². The lowest BCUT2D eigenvalue weighted by Crippen LogP contribution is -2.26. The van der Waals surface area contributed by atoms with Crippen LogP contribution in [0.25, 0.3) is 11.6 Å². The Balaban J connectivity index is 1.74. The van der Waals surface area contributed by atoms with Crippen LogP contribution >= 0.6 is 0 Å². The number of anilines is 1. The van der Waals surface area contributed by atoms with Gasteiger partial charge in [-0.15, -0.1) is 0 Å². The van der Waals surface area contributed by atoms with Gasteiger partial charge >= 0.3 is 0 Å². The van der Waals surface area contributed by atoms with Crippen LogP contribution < -0.4 is 10.6 Å². The molecular formula is C29H36FN5O.